The van der Waals surface area contributed by atoms with Crippen LogP contribution in [0.5, 0.6) is 0 Å². The summed E-state index contributed by atoms with van der Waals surface area (Å²) in [7, 11) is -5.28. The van der Waals surface area contributed by atoms with Gasteiger partial charge in [0, 0.05) is 16.0 Å². The second kappa shape index (κ2) is 12.3. The molecule has 9 heteroatoms. The average Bonchev–Trinajstić information content (AvgIpc) is 3.34. The van der Waals surface area contributed by atoms with Crippen LogP contribution in [0.15, 0.2) is 47.8 Å². The molecule has 0 N–H and O–H groups in total. The van der Waals surface area contributed by atoms with Crippen LogP contribution < -0.4 is 0 Å². The topological polar surface area (TPSA) is 71.1 Å². The minimum Gasteiger partial charge on any atom is -0.329 e. The van der Waals surface area contributed by atoms with Gasteiger partial charge in [0.2, 0.25) is 13.9 Å². The van der Waals surface area contributed by atoms with Crippen molar-refractivity contribution in [2.24, 2.45) is 0 Å². The minimum absolute atomic E-state index is 0.0115. The molecule has 3 rings (SSSR count). The normalized spacial score (nSPS) is 12.0. The summed E-state index contributed by atoms with van der Waals surface area (Å²) in [4.78, 5) is 14.8. The number of thiophene rings is 1. The fourth-order valence-electron chi connectivity index (χ4n) is 3.64. The molecule has 0 aliphatic heterocycles. The highest BCUT2D eigenvalue weighted by molar-refractivity contribution is 7.67. The number of carbonyl (C=O) groups excluding carboxylic acids is 1. The molecule has 0 radical (unpaired) electrons. The minimum atomic E-state index is -3.47. The molecule has 0 unspecified atom stereocenters. The smallest absolute Gasteiger partial charge is 0.329 e. The fourth-order valence-corrected chi connectivity index (χ4v) is 7.34. The van der Waals surface area contributed by atoms with Crippen LogP contribution in [0.2, 0.25) is 0 Å². The number of rotatable bonds is 13. The van der Waals surface area contributed by atoms with Crippen molar-refractivity contribution < 1.29 is 27.5 Å². The highest BCUT2D eigenvalue weighted by Crippen LogP contribution is 2.54. The molecule has 1 aromatic heterocycles. The highest BCUT2D eigenvalue weighted by atomic mass is 32.1. The zero-order valence-corrected chi connectivity index (χ0v) is 22.0. The van der Waals surface area contributed by atoms with E-state index in [0.717, 1.165) is 21.2 Å². The molecule has 0 saturated carbocycles. The Balaban J connectivity index is 2.28. The van der Waals surface area contributed by atoms with Crippen molar-refractivity contribution in [2.45, 2.75) is 33.9 Å². The lowest BCUT2D eigenvalue weighted by Crippen LogP contribution is -2.09. The summed E-state index contributed by atoms with van der Waals surface area (Å²) >= 11 is 1.60. The Kier molecular flexibility index (Phi) is 9.78. The first-order valence-electron chi connectivity index (χ1n) is 11.0. The molecule has 2 aromatic carbocycles. The van der Waals surface area contributed by atoms with E-state index in [1.807, 2.05) is 61.7 Å². The zero-order chi connectivity index (χ0) is 23.8. The van der Waals surface area contributed by atoms with Gasteiger partial charge in [0.25, 0.3) is 0 Å². The first-order chi connectivity index (χ1) is 16.0. The Morgan fingerprint density at radius 3 is 2.09 bits per heavy atom. The van der Waals surface area contributed by atoms with Crippen LogP contribution in [0.3, 0.4) is 0 Å². The Labute approximate surface area is 200 Å². The highest BCUT2D eigenvalue weighted by Gasteiger charge is 2.32. The summed E-state index contributed by atoms with van der Waals surface area (Å²) in [5, 5.41) is 3.82. The molecule has 178 valence electrons. The van der Waals surface area contributed by atoms with E-state index in [4.69, 9.17) is 18.1 Å². The number of benzene rings is 2. The molecule has 33 heavy (non-hydrogen) atoms. The molecule has 3 aromatic rings. The van der Waals surface area contributed by atoms with Gasteiger partial charge < -0.3 is 18.1 Å². The van der Waals surface area contributed by atoms with Crippen molar-refractivity contribution >= 4 is 43.6 Å². The summed E-state index contributed by atoms with van der Waals surface area (Å²) in [6.07, 6.45) is -0.0115. The molecule has 0 aliphatic rings. The number of carbonyl (C=O) groups is 1. The van der Waals surface area contributed by atoms with E-state index in [1.54, 1.807) is 25.2 Å². The van der Waals surface area contributed by atoms with Crippen LogP contribution in [0.25, 0.3) is 21.2 Å². The van der Waals surface area contributed by atoms with E-state index < -0.39 is 16.0 Å². The van der Waals surface area contributed by atoms with Crippen molar-refractivity contribution in [3.05, 3.63) is 59.0 Å². The van der Waals surface area contributed by atoms with Crippen LogP contribution in [-0.2, 0) is 28.8 Å². The molecular formula is C24H30O6P2S. The van der Waals surface area contributed by atoms with Gasteiger partial charge in [-0.05, 0) is 61.5 Å². The standard InChI is InChI=1S/C24H30O6P2S/c1-5-27-31(28-6-2)24(25)21-16-20(23-14-11-15-33-23)18-12-9-10-13-19(18)22(21)17-32(26,29-7-3)30-8-4/h9-16H,5-8,17H2,1-4H3. The predicted molar refractivity (Wildman–Crippen MR) is 136 cm³/mol. The van der Waals surface area contributed by atoms with Gasteiger partial charge in [-0.25, -0.2) is 0 Å². The van der Waals surface area contributed by atoms with Crippen LogP contribution in [0.4, 0.5) is 0 Å². The summed E-state index contributed by atoms with van der Waals surface area (Å²) in [6, 6.07) is 13.7. The Morgan fingerprint density at radius 1 is 0.909 bits per heavy atom. The van der Waals surface area contributed by atoms with Gasteiger partial charge in [0.15, 0.2) is 0 Å². The first kappa shape index (κ1) is 26.2. The number of hydrogen-bond acceptors (Lipinski definition) is 7. The van der Waals surface area contributed by atoms with Gasteiger partial charge in [0.05, 0.1) is 32.6 Å². The summed E-state index contributed by atoms with van der Waals surface area (Å²) in [6.45, 7) is 8.42. The maximum absolute atomic E-state index is 13.7. The third-order valence-electron chi connectivity index (χ3n) is 4.84. The van der Waals surface area contributed by atoms with Gasteiger partial charge >= 0.3 is 7.60 Å². The van der Waals surface area contributed by atoms with Crippen molar-refractivity contribution in [2.75, 3.05) is 26.4 Å². The second-order valence-electron chi connectivity index (χ2n) is 6.98. The van der Waals surface area contributed by atoms with Gasteiger partial charge in [-0.3, -0.25) is 9.36 Å². The lowest BCUT2D eigenvalue weighted by molar-refractivity contribution is 0.103. The number of fused-ring (bicyclic) bond motifs is 1. The molecule has 0 aliphatic carbocycles. The summed E-state index contributed by atoms with van der Waals surface area (Å²) in [5.74, 6) is 0. The monoisotopic (exact) mass is 508 g/mol. The van der Waals surface area contributed by atoms with Crippen molar-refractivity contribution in [3.63, 3.8) is 0 Å². The van der Waals surface area contributed by atoms with E-state index in [-0.39, 0.29) is 24.9 Å². The van der Waals surface area contributed by atoms with Crippen molar-refractivity contribution in [1.29, 1.82) is 0 Å². The average molecular weight is 509 g/mol. The molecule has 0 spiro atoms. The second-order valence-corrected chi connectivity index (χ2v) is 11.4. The van der Waals surface area contributed by atoms with E-state index in [2.05, 4.69) is 0 Å². The van der Waals surface area contributed by atoms with E-state index >= 15 is 0 Å². The molecule has 1 heterocycles. The lowest BCUT2D eigenvalue weighted by Gasteiger charge is -2.22. The van der Waals surface area contributed by atoms with Crippen LogP contribution >= 0.6 is 27.3 Å². The third-order valence-corrected chi connectivity index (χ3v) is 9.30. The molecule has 0 amide bonds. The predicted octanol–water partition coefficient (Wildman–Crippen LogP) is 7.86. The van der Waals surface area contributed by atoms with Gasteiger partial charge in [0.1, 0.15) is 0 Å². The molecule has 0 bridgehead atoms. The summed E-state index contributed by atoms with van der Waals surface area (Å²) in [5.41, 5.74) is 1.77. The van der Waals surface area contributed by atoms with Gasteiger partial charge in [-0.15, -0.1) is 11.3 Å². The zero-order valence-electron chi connectivity index (χ0n) is 19.4. The lowest BCUT2D eigenvalue weighted by atomic mass is 9.95. The Hall–Kier alpha value is -1.43. The largest absolute Gasteiger partial charge is 0.335 e. The van der Waals surface area contributed by atoms with E-state index in [1.165, 1.54) is 0 Å². The van der Waals surface area contributed by atoms with Crippen LogP contribution in [0.1, 0.15) is 43.6 Å². The molecule has 0 atom stereocenters. The maximum Gasteiger partial charge on any atom is 0.335 e. The van der Waals surface area contributed by atoms with Crippen molar-refractivity contribution in [1.82, 2.24) is 0 Å². The maximum atomic E-state index is 13.7. The molecular weight excluding hydrogens is 478 g/mol. The van der Waals surface area contributed by atoms with Crippen LogP contribution in [-0.4, -0.2) is 32.0 Å². The molecule has 6 nitrogen and oxygen atoms in total. The van der Waals surface area contributed by atoms with E-state index in [0.29, 0.717) is 24.3 Å². The number of hydrogen-bond donors (Lipinski definition) is 0. The van der Waals surface area contributed by atoms with E-state index in [9.17, 15) is 9.36 Å². The molecule has 0 saturated heterocycles. The van der Waals surface area contributed by atoms with Crippen molar-refractivity contribution in [3.8, 4) is 10.4 Å². The first-order valence-corrected chi connectivity index (χ1v) is 14.8. The Morgan fingerprint density at radius 2 is 1.55 bits per heavy atom. The van der Waals surface area contributed by atoms with Gasteiger partial charge in [-0.1, -0.05) is 30.3 Å². The molecule has 0 fully saturated rings. The summed E-state index contributed by atoms with van der Waals surface area (Å²) < 4.78 is 36.1. The Bertz CT molecular complexity index is 1100. The third kappa shape index (κ3) is 6.17. The van der Waals surface area contributed by atoms with Gasteiger partial charge in [-0.2, -0.15) is 0 Å². The van der Waals surface area contributed by atoms with Crippen LogP contribution in [0, 0.1) is 0 Å². The fraction of sp³-hybridized carbons (Fsp3) is 0.375. The quantitative estimate of drug-likeness (QED) is 0.219. The SMILES string of the molecule is CCOP(OCC)C(=O)c1cc(-c2cccs2)c2ccccc2c1CP(=O)(OCC)OCC.